The molecule has 0 aliphatic heterocycles. The fourth-order valence-corrected chi connectivity index (χ4v) is 3.01. The third-order valence-corrected chi connectivity index (χ3v) is 4.43. The molecule has 0 N–H and O–H groups in total. The van der Waals surface area contributed by atoms with Crippen molar-refractivity contribution in [2.45, 2.75) is 20.8 Å². The van der Waals surface area contributed by atoms with Gasteiger partial charge in [-0.15, -0.1) is 11.3 Å². The van der Waals surface area contributed by atoms with Crippen molar-refractivity contribution in [3.8, 4) is 0 Å². The zero-order valence-electron chi connectivity index (χ0n) is 10.0. The lowest BCUT2D eigenvalue weighted by Gasteiger charge is -2.05. The predicted octanol–water partition coefficient (Wildman–Crippen LogP) is 4.56. The van der Waals surface area contributed by atoms with Crippen molar-refractivity contribution in [2.24, 2.45) is 0 Å². The van der Waals surface area contributed by atoms with Gasteiger partial charge in [-0.1, -0.05) is 35.4 Å². The van der Waals surface area contributed by atoms with Crippen LogP contribution in [0.4, 0.5) is 0 Å². The molecule has 0 saturated carbocycles. The Morgan fingerprint density at radius 2 is 1.88 bits per heavy atom. The van der Waals surface area contributed by atoms with Crippen LogP contribution in [0.15, 0.2) is 23.6 Å². The fourth-order valence-electron chi connectivity index (χ4n) is 1.77. The highest BCUT2D eigenvalue weighted by Crippen LogP contribution is 2.30. The number of hydrogen-bond donors (Lipinski definition) is 0. The van der Waals surface area contributed by atoms with Crippen molar-refractivity contribution in [2.75, 3.05) is 0 Å². The molecule has 2 rings (SSSR count). The Morgan fingerprint density at radius 3 is 2.41 bits per heavy atom. The van der Waals surface area contributed by atoms with Gasteiger partial charge in [-0.3, -0.25) is 4.79 Å². The predicted molar refractivity (Wildman–Crippen MR) is 73.4 cm³/mol. The number of hydrogen-bond acceptors (Lipinski definition) is 2. The summed E-state index contributed by atoms with van der Waals surface area (Å²) in [4.78, 5) is 13.0. The van der Waals surface area contributed by atoms with E-state index in [2.05, 4.69) is 0 Å². The minimum Gasteiger partial charge on any atom is -0.288 e. The van der Waals surface area contributed by atoms with E-state index < -0.39 is 0 Å². The van der Waals surface area contributed by atoms with E-state index in [0.717, 1.165) is 22.3 Å². The molecule has 3 heteroatoms. The second-order valence-corrected chi connectivity index (χ2v) is 5.47. The minimum atomic E-state index is 0.0191. The molecule has 0 radical (unpaired) electrons. The second kappa shape index (κ2) is 4.63. The maximum absolute atomic E-state index is 12.3. The van der Waals surface area contributed by atoms with Gasteiger partial charge in [-0.25, -0.2) is 0 Å². The normalized spacial score (nSPS) is 10.6. The molecule has 0 fully saturated rings. The van der Waals surface area contributed by atoms with Gasteiger partial charge >= 0.3 is 0 Å². The van der Waals surface area contributed by atoms with Crippen molar-refractivity contribution < 1.29 is 4.79 Å². The molecule has 2 aromatic rings. The summed E-state index contributed by atoms with van der Waals surface area (Å²) in [6, 6.07) is 5.84. The fraction of sp³-hybridized carbons (Fsp3) is 0.214. The maximum atomic E-state index is 12.3. The first-order chi connectivity index (χ1) is 8.00. The van der Waals surface area contributed by atoms with Crippen LogP contribution in [0.25, 0.3) is 0 Å². The van der Waals surface area contributed by atoms with Gasteiger partial charge in [0.15, 0.2) is 0 Å². The third-order valence-electron chi connectivity index (χ3n) is 2.73. The molecule has 1 heterocycles. The van der Waals surface area contributed by atoms with Gasteiger partial charge < -0.3 is 0 Å². The molecule has 0 amide bonds. The van der Waals surface area contributed by atoms with E-state index in [9.17, 15) is 4.79 Å². The first kappa shape index (κ1) is 12.3. The van der Waals surface area contributed by atoms with Crippen LogP contribution in [0.1, 0.15) is 31.9 Å². The molecule has 1 aromatic heterocycles. The van der Waals surface area contributed by atoms with Gasteiger partial charge in [0, 0.05) is 5.56 Å². The average molecular weight is 265 g/mol. The molecule has 0 aliphatic rings. The summed E-state index contributed by atoms with van der Waals surface area (Å²) in [7, 11) is 0. The molecule has 0 bridgehead atoms. The monoisotopic (exact) mass is 264 g/mol. The Balaban J connectivity index is 2.47. The molecule has 0 unspecified atom stereocenters. The number of ketones is 1. The summed E-state index contributed by atoms with van der Waals surface area (Å²) in [6.45, 7) is 5.88. The van der Waals surface area contributed by atoms with Gasteiger partial charge in [-0.2, -0.15) is 0 Å². The van der Waals surface area contributed by atoms with Gasteiger partial charge in [0.2, 0.25) is 5.78 Å². The number of rotatable bonds is 2. The molecule has 88 valence electrons. The van der Waals surface area contributed by atoms with E-state index in [0.29, 0.717) is 9.90 Å². The van der Waals surface area contributed by atoms with Crippen LogP contribution < -0.4 is 0 Å². The summed E-state index contributed by atoms with van der Waals surface area (Å²) < 4.78 is 0. The Morgan fingerprint density at radius 1 is 1.18 bits per heavy atom. The summed E-state index contributed by atoms with van der Waals surface area (Å²) in [6.07, 6.45) is 0. The van der Waals surface area contributed by atoms with Crippen molar-refractivity contribution in [1.29, 1.82) is 0 Å². The topological polar surface area (TPSA) is 17.1 Å². The maximum Gasteiger partial charge on any atom is 0.204 e. The molecular weight excluding hydrogens is 252 g/mol. The average Bonchev–Trinajstić information content (AvgIpc) is 2.59. The van der Waals surface area contributed by atoms with Crippen LogP contribution >= 0.6 is 22.9 Å². The van der Waals surface area contributed by atoms with E-state index in [4.69, 9.17) is 11.6 Å². The Bertz CT molecular complexity index is 584. The lowest BCUT2D eigenvalue weighted by molar-refractivity contribution is 0.104. The van der Waals surface area contributed by atoms with Crippen molar-refractivity contribution in [3.05, 3.63) is 55.7 Å². The highest BCUT2D eigenvalue weighted by atomic mass is 35.5. The van der Waals surface area contributed by atoms with Crippen LogP contribution in [0.5, 0.6) is 0 Å². The van der Waals surface area contributed by atoms with Crippen LogP contribution in [0.2, 0.25) is 5.02 Å². The minimum absolute atomic E-state index is 0.0191. The van der Waals surface area contributed by atoms with Gasteiger partial charge in [0.25, 0.3) is 0 Å². The highest BCUT2D eigenvalue weighted by molar-refractivity contribution is 7.13. The quantitative estimate of drug-likeness (QED) is 0.727. The third kappa shape index (κ3) is 2.28. The second-order valence-electron chi connectivity index (χ2n) is 4.21. The lowest BCUT2D eigenvalue weighted by atomic mass is 10.0. The highest BCUT2D eigenvalue weighted by Gasteiger charge is 2.17. The van der Waals surface area contributed by atoms with Crippen molar-refractivity contribution >= 4 is 28.7 Å². The van der Waals surface area contributed by atoms with E-state index in [-0.39, 0.29) is 5.78 Å². The standard InChI is InChI=1S/C14H13ClOS/c1-8-4-5-11(9(2)6-8)13(16)14-12(15)10(3)7-17-14/h4-7H,1-3H3. The SMILES string of the molecule is Cc1ccc(C(=O)c2scc(C)c2Cl)c(C)c1. The number of carbonyl (C=O) groups is 1. The summed E-state index contributed by atoms with van der Waals surface area (Å²) >= 11 is 7.54. The van der Waals surface area contributed by atoms with Crippen LogP contribution in [-0.4, -0.2) is 5.78 Å². The molecule has 1 aromatic carbocycles. The molecule has 0 saturated heterocycles. The summed E-state index contributed by atoms with van der Waals surface area (Å²) in [5.41, 5.74) is 3.86. The molecule has 0 atom stereocenters. The first-order valence-corrected chi connectivity index (χ1v) is 6.62. The Kier molecular flexibility index (Phi) is 3.36. The zero-order valence-corrected chi connectivity index (χ0v) is 11.6. The summed E-state index contributed by atoms with van der Waals surface area (Å²) in [5, 5.41) is 2.50. The lowest BCUT2D eigenvalue weighted by Crippen LogP contribution is -2.02. The Hall–Kier alpha value is -1.12. The van der Waals surface area contributed by atoms with E-state index in [1.165, 1.54) is 11.3 Å². The van der Waals surface area contributed by atoms with Crippen LogP contribution in [-0.2, 0) is 0 Å². The van der Waals surface area contributed by atoms with E-state index in [1.54, 1.807) is 0 Å². The van der Waals surface area contributed by atoms with E-state index in [1.807, 2.05) is 44.4 Å². The van der Waals surface area contributed by atoms with Crippen LogP contribution in [0, 0.1) is 20.8 Å². The summed E-state index contributed by atoms with van der Waals surface area (Å²) in [5.74, 6) is 0.0191. The molecule has 17 heavy (non-hydrogen) atoms. The van der Waals surface area contributed by atoms with Gasteiger partial charge in [-0.05, 0) is 37.3 Å². The Labute approximate surface area is 110 Å². The number of carbonyl (C=O) groups excluding carboxylic acids is 1. The first-order valence-electron chi connectivity index (χ1n) is 5.36. The van der Waals surface area contributed by atoms with E-state index >= 15 is 0 Å². The molecular formula is C14H13ClOS. The molecule has 0 aliphatic carbocycles. The smallest absolute Gasteiger partial charge is 0.204 e. The number of aryl methyl sites for hydroxylation is 3. The number of benzene rings is 1. The molecule has 0 spiro atoms. The largest absolute Gasteiger partial charge is 0.288 e. The van der Waals surface area contributed by atoms with Gasteiger partial charge in [0.1, 0.15) is 0 Å². The number of thiophene rings is 1. The zero-order chi connectivity index (χ0) is 12.6. The van der Waals surface area contributed by atoms with Crippen molar-refractivity contribution in [3.63, 3.8) is 0 Å². The van der Waals surface area contributed by atoms with Crippen molar-refractivity contribution in [1.82, 2.24) is 0 Å². The molecule has 1 nitrogen and oxygen atoms in total. The number of halogens is 1. The van der Waals surface area contributed by atoms with Crippen LogP contribution in [0.3, 0.4) is 0 Å². The van der Waals surface area contributed by atoms with Gasteiger partial charge in [0.05, 0.1) is 9.90 Å².